The third-order valence-corrected chi connectivity index (χ3v) is 1.45. The minimum Gasteiger partial charge on any atom is -0.515 e. The van der Waals surface area contributed by atoms with Crippen LogP contribution in [0.1, 0.15) is 11.4 Å². The lowest BCUT2D eigenvalue weighted by Crippen LogP contribution is -1.91. The molecule has 0 atom stereocenters. The SMILES string of the molecule is Cc1cccc(C(C=O)=CO)n1. The second-order valence-corrected chi connectivity index (χ2v) is 2.37. The van der Waals surface area contributed by atoms with Crippen molar-refractivity contribution in [3.63, 3.8) is 0 Å². The highest BCUT2D eigenvalue weighted by Crippen LogP contribution is 2.08. The number of aliphatic hydroxyl groups is 1. The van der Waals surface area contributed by atoms with E-state index in [1.54, 1.807) is 12.1 Å². The average Bonchev–Trinajstić information content (AvgIpc) is 2.07. The molecule has 3 heteroatoms. The number of hydrogen-bond acceptors (Lipinski definition) is 3. The van der Waals surface area contributed by atoms with Crippen molar-refractivity contribution in [3.8, 4) is 0 Å². The van der Waals surface area contributed by atoms with Crippen LogP contribution in [-0.2, 0) is 4.79 Å². The van der Waals surface area contributed by atoms with Gasteiger partial charge in [-0.25, -0.2) is 0 Å². The van der Waals surface area contributed by atoms with Crippen molar-refractivity contribution in [2.45, 2.75) is 6.92 Å². The first-order chi connectivity index (χ1) is 5.77. The molecule has 1 N–H and O–H groups in total. The van der Waals surface area contributed by atoms with Gasteiger partial charge in [0.15, 0.2) is 6.29 Å². The molecule has 0 aliphatic rings. The molecule has 0 aromatic carbocycles. The Hall–Kier alpha value is -1.64. The van der Waals surface area contributed by atoms with E-state index < -0.39 is 0 Å². The number of aryl methyl sites for hydroxylation is 1. The van der Waals surface area contributed by atoms with E-state index in [1.807, 2.05) is 13.0 Å². The van der Waals surface area contributed by atoms with Gasteiger partial charge in [-0.05, 0) is 19.1 Å². The summed E-state index contributed by atoms with van der Waals surface area (Å²) in [5.74, 6) is 0. The van der Waals surface area contributed by atoms with Gasteiger partial charge in [0.1, 0.15) is 0 Å². The van der Waals surface area contributed by atoms with Crippen LogP contribution in [0.3, 0.4) is 0 Å². The highest BCUT2D eigenvalue weighted by molar-refractivity contribution is 6.05. The third-order valence-electron chi connectivity index (χ3n) is 1.45. The molecular weight excluding hydrogens is 154 g/mol. The molecule has 0 bridgehead atoms. The first kappa shape index (κ1) is 8.46. The van der Waals surface area contributed by atoms with E-state index in [9.17, 15) is 4.79 Å². The molecule has 0 spiro atoms. The van der Waals surface area contributed by atoms with E-state index in [2.05, 4.69) is 4.98 Å². The minimum absolute atomic E-state index is 0.193. The van der Waals surface area contributed by atoms with Crippen LogP contribution in [0.2, 0.25) is 0 Å². The number of hydrogen-bond donors (Lipinski definition) is 1. The van der Waals surface area contributed by atoms with E-state index in [0.717, 1.165) is 12.0 Å². The molecule has 3 nitrogen and oxygen atoms in total. The number of pyridine rings is 1. The molecule has 0 radical (unpaired) electrons. The second kappa shape index (κ2) is 3.67. The Balaban J connectivity index is 3.10. The normalized spacial score (nSPS) is 11.2. The van der Waals surface area contributed by atoms with Gasteiger partial charge in [-0.2, -0.15) is 0 Å². The zero-order chi connectivity index (χ0) is 8.97. The molecule has 1 heterocycles. The van der Waals surface area contributed by atoms with Crippen LogP contribution in [0.4, 0.5) is 0 Å². The molecule has 0 unspecified atom stereocenters. The molecule has 12 heavy (non-hydrogen) atoms. The van der Waals surface area contributed by atoms with E-state index in [-0.39, 0.29) is 5.57 Å². The first-order valence-corrected chi connectivity index (χ1v) is 3.51. The van der Waals surface area contributed by atoms with Gasteiger partial charge in [0.2, 0.25) is 0 Å². The molecule has 0 saturated carbocycles. The predicted octanol–water partition coefficient (Wildman–Crippen LogP) is 1.49. The Morgan fingerprint density at radius 1 is 1.58 bits per heavy atom. The number of rotatable bonds is 2. The molecular formula is C9H9NO2. The molecule has 1 aromatic heterocycles. The number of aromatic nitrogens is 1. The lowest BCUT2D eigenvalue weighted by molar-refractivity contribution is -0.103. The standard InChI is InChI=1S/C9H9NO2/c1-7-3-2-4-9(10-7)8(5-11)6-12/h2-6,11H,1H3. The molecule has 62 valence electrons. The van der Waals surface area contributed by atoms with Crippen LogP contribution in [0.5, 0.6) is 0 Å². The fourth-order valence-corrected chi connectivity index (χ4v) is 0.861. The van der Waals surface area contributed by atoms with Gasteiger partial charge in [0.05, 0.1) is 17.5 Å². The van der Waals surface area contributed by atoms with Crippen molar-refractivity contribution in [2.75, 3.05) is 0 Å². The molecule has 0 amide bonds. The van der Waals surface area contributed by atoms with Crippen molar-refractivity contribution in [2.24, 2.45) is 0 Å². The van der Waals surface area contributed by atoms with E-state index >= 15 is 0 Å². The number of aliphatic hydroxyl groups excluding tert-OH is 1. The first-order valence-electron chi connectivity index (χ1n) is 3.51. The van der Waals surface area contributed by atoms with Gasteiger partial charge in [-0.3, -0.25) is 9.78 Å². The second-order valence-electron chi connectivity index (χ2n) is 2.37. The maximum atomic E-state index is 10.4. The summed E-state index contributed by atoms with van der Waals surface area (Å²) in [7, 11) is 0. The van der Waals surface area contributed by atoms with Crippen molar-refractivity contribution >= 4 is 11.9 Å². The van der Waals surface area contributed by atoms with Crippen LogP contribution >= 0.6 is 0 Å². The summed E-state index contributed by atoms with van der Waals surface area (Å²) < 4.78 is 0. The fraction of sp³-hybridized carbons (Fsp3) is 0.111. The van der Waals surface area contributed by atoms with Crippen LogP contribution < -0.4 is 0 Å². The van der Waals surface area contributed by atoms with Gasteiger partial charge in [-0.1, -0.05) is 6.07 Å². The van der Waals surface area contributed by atoms with Crippen LogP contribution in [-0.4, -0.2) is 16.4 Å². The highest BCUT2D eigenvalue weighted by atomic mass is 16.2. The van der Waals surface area contributed by atoms with Crippen LogP contribution in [0.25, 0.3) is 5.57 Å². The maximum Gasteiger partial charge on any atom is 0.155 e. The maximum absolute atomic E-state index is 10.4. The van der Waals surface area contributed by atoms with Gasteiger partial charge in [0, 0.05) is 5.69 Å². The Kier molecular flexibility index (Phi) is 2.58. The van der Waals surface area contributed by atoms with E-state index in [4.69, 9.17) is 5.11 Å². The van der Waals surface area contributed by atoms with Gasteiger partial charge in [0.25, 0.3) is 0 Å². The zero-order valence-corrected chi connectivity index (χ0v) is 6.69. The van der Waals surface area contributed by atoms with Crippen molar-refractivity contribution in [1.82, 2.24) is 4.98 Å². The summed E-state index contributed by atoms with van der Waals surface area (Å²) in [4.78, 5) is 14.4. The summed E-state index contributed by atoms with van der Waals surface area (Å²) in [5, 5.41) is 8.64. The molecule has 0 saturated heterocycles. The number of aldehydes is 1. The Labute approximate surface area is 70.4 Å². The monoisotopic (exact) mass is 163 g/mol. The van der Waals surface area contributed by atoms with Crippen molar-refractivity contribution in [1.29, 1.82) is 0 Å². The summed E-state index contributed by atoms with van der Waals surface area (Å²) in [5.41, 5.74) is 1.50. The average molecular weight is 163 g/mol. The summed E-state index contributed by atoms with van der Waals surface area (Å²) in [6.07, 6.45) is 1.33. The van der Waals surface area contributed by atoms with Crippen LogP contribution in [0, 0.1) is 6.92 Å². The van der Waals surface area contributed by atoms with Crippen LogP contribution in [0.15, 0.2) is 24.5 Å². The fourth-order valence-electron chi connectivity index (χ4n) is 0.861. The number of allylic oxidation sites excluding steroid dienone is 1. The van der Waals surface area contributed by atoms with Crippen molar-refractivity contribution < 1.29 is 9.90 Å². The Morgan fingerprint density at radius 2 is 2.33 bits per heavy atom. The smallest absolute Gasteiger partial charge is 0.155 e. The number of carbonyl (C=O) groups is 1. The zero-order valence-electron chi connectivity index (χ0n) is 6.69. The minimum atomic E-state index is 0.193. The van der Waals surface area contributed by atoms with Gasteiger partial charge in [-0.15, -0.1) is 0 Å². The topological polar surface area (TPSA) is 50.2 Å². The van der Waals surface area contributed by atoms with Gasteiger partial charge < -0.3 is 5.11 Å². The largest absolute Gasteiger partial charge is 0.515 e. The van der Waals surface area contributed by atoms with Crippen molar-refractivity contribution in [3.05, 3.63) is 35.8 Å². The lowest BCUT2D eigenvalue weighted by atomic mass is 10.2. The molecule has 1 aromatic rings. The third kappa shape index (κ3) is 1.69. The summed E-state index contributed by atoms with van der Waals surface area (Å²) in [6.45, 7) is 1.82. The number of carbonyl (C=O) groups excluding carboxylic acids is 1. The highest BCUT2D eigenvalue weighted by Gasteiger charge is 2.00. The van der Waals surface area contributed by atoms with E-state index in [1.165, 1.54) is 0 Å². The Morgan fingerprint density at radius 3 is 2.83 bits per heavy atom. The molecule has 0 aliphatic carbocycles. The number of nitrogens with zero attached hydrogens (tertiary/aromatic N) is 1. The molecule has 0 fully saturated rings. The quantitative estimate of drug-likeness (QED) is 0.408. The summed E-state index contributed by atoms with van der Waals surface area (Å²) in [6, 6.07) is 5.28. The molecule has 1 rings (SSSR count). The van der Waals surface area contributed by atoms with Gasteiger partial charge >= 0.3 is 0 Å². The van der Waals surface area contributed by atoms with E-state index in [0.29, 0.717) is 12.0 Å². The lowest BCUT2D eigenvalue weighted by Gasteiger charge is -1.97. The predicted molar refractivity (Wildman–Crippen MR) is 45.6 cm³/mol. The Bertz CT molecular complexity index is 318. The molecule has 0 aliphatic heterocycles. The summed E-state index contributed by atoms with van der Waals surface area (Å²) >= 11 is 0.